The van der Waals surface area contributed by atoms with Crippen molar-refractivity contribution in [3.8, 4) is 0 Å². The van der Waals surface area contributed by atoms with Gasteiger partial charge in [0.15, 0.2) is 0 Å². The van der Waals surface area contributed by atoms with E-state index in [0.29, 0.717) is 13.2 Å². The fraction of sp³-hybridized carbons (Fsp3) is 0.300. The van der Waals surface area contributed by atoms with E-state index in [9.17, 15) is 4.79 Å². The first-order chi connectivity index (χ1) is 7.24. The summed E-state index contributed by atoms with van der Waals surface area (Å²) in [7, 11) is 0. The fourth-order valence-corrected chi connectivity index (χ4v) is 2.11. The summed E-state index contributed by atoms with van der Waals surface area (Å²) in [5.74, 6) is -0.0900. The summed E-state index contributed by atoms with van der Waals surface area (Å²) >= 11 is 7.20. The van der Waals surface area contributed by atoms with E-state index < -0.39 is 0 Å². The lowest BCUT2D eigenvalue weighted by atomic mass is 10.2. The average Bonchev–Trinajstić information content (AvgIpc) is 2.55. The zero-order valence-corrected chi connectivity index (χ0v) is 9.48. The fourth-order valence-electron chi connectivity index (χ4n) is 1.14. The van der Waals surface area contributed by atoms with Crippen molar-refractivity contribution in [2.75, 3.05) is 13.2 Å². The quantitative estimate of drug-likeness (QED) is 0.824. The van der Waals surface area contributed by atoms with Crippen LogP contribution in [0.25, 0.3) is 6.08 Å². The summed E-state index contributed by atoms with van der Waals surface area (Å²) in [5.41, 5.74) is 0. The van der Waals surface area contributed by atoms with Crippen molar-refractivity contribution in [2.24, 2.45) is 0 Å². The molecular formula is C10H10ClNO2S. The molecule has 5 heteroatoms. The molecule has 1 aromatic rings. The third-order valence-corrected chi connectivity index (χ3v) is 3.17. The van der Waals surface area contributed by atoms with Gasteiger partial charge in [-0.3, -0.25) is 4.79 Å². The molecular weight excluding hydrogens is 234 g/mol. The molecule has 0 bridgehead atoms. The zero-order chi connectivity index (χ0) is 10.7. The van der Waals surface area contributed by atoms with Crippen LogP contribution in [-0.4, -0.2) is 25.2 Å². The van der Waals surface area contributed by atoms with E-state index in [1.54, 1.807) is 6.08 Å². The average molecular weight is 244 g/mol. The van der Waals surface area contributed by atoms with Crippen molar-refractivity contribution >= 4 is 34.9 Å². The number of rotatable bonds is 3. The Hall–Kier alpha value is -0.840. The second-order valence-corrected chi connectivity index (χ2v) is 4.96. The number of thiophene rings is 1. The van der Waals surface area contributed by atoms with Gasteiger partial charge in [-0.2, -0.15) is 0 Å². The van der Waals surface area contributed by atoms with Crippen LogP contribution in [-0.2, 0) is 9.53 Å². The molecule has 1 fully saturated rings. The van der Waals surface area contributed by atoms with Crippen LogP contribution in [0.1, 0.15) is 4.88 Å². The van der Waals surface area contributed by atoms with Crippen molar-refractivity contribution < 1.29 is 9.53 Å². The molecule has 2 heterocycles. The topological polar surface area (TPSA) is 38.3 Å². The minimum atomic E-state index is -0.0900. The molecule has 0 atom stereocenters. The van der Waals surface area contributed by atoms with Gasteiger partial charge in [-0.1, -0.05) is 11.6 Å². The molecule has 1 amide bonds. The van der Waals surface area contributed by atoms with Crippen LogP contribution in [0.4, 0.5) is 0 Å². The number of hydrogen-bond acceptors (Lipinski definition) is 3. The van der Waals surface area contributed by atoms with Gasteiger partial charge in [-0.05, 0) is 18.2 Å². The molecule has 1 aliphatic heterocycles. The Bertz CT molecular complexity index is 385. The largest absolute Gasteiger partial charge is 0.377 e. The molecule has 0 saturated carbocycles. The summed E-state index contributed by atoms with van der Waals surface area (Å²) in [5, 5.41) is 2.81. The molecule has 2 rings (SSSR count). The summed E-state index contributed by atoms with van der Waals surface area (Å²) in [6, 6.07) is 3.86. The van der Waals surface area contributed by atoms with E-state index in [-0.39, 0.29) is 11.9 Å². The second-order valence-electron chi connectivity index (χ2n) is 3.22. The molecule has 1 aromatic heterocycles. The van der Waals surface area contributed by atoms with Crippen LogP contribution < -0.4 is 5.32 Å². The molecule has 1 saturated heterocycles. The van der Waals surface area contributed by atoms with E-state index in [1.165, 1.54) is 17.4 Å². The predicted octanol–water partition coefficient (Wildman–Crippen LogP) is 1.93. The molecule has 1 N–H and O–H groups in total. The lowest BCUT2D eigenvalue weighted by Gasteiger charge is -2.26. The first-order valence-corrected chi connectivity index (χ1v) is 5.75. The number of nitrogens with one attached hydrogen (secondary N) is 1. The van der Waals surface area contributed by atoms with Gasteiger partial charge in [0.05, 0.1) is 23.6 Å². The van der Waals surface area contributed by atoms with Crippen LogP contribution in [0, 0.1) is 0 Å². The SMILES string of the molecule is O=C(C=Cc1ccc(Cl)s1)NC1COC1. The predicted molar refractivity (Wildman–Crippen MR) is 61.1 cm³/mol. The van der Waals surface area contributed by atoms with Gasteiger partial charge >= 0.3 is 0 Å². The van der Waals surface area contributed by atoms with Crippen LogP contribution in [0.2, 0.25) is 4.34 Å². The number of carbonyl (C=O) groups is 1. The smallest absolute Gasteiger partial charge is 0.244 e. The van der Waals surface area contributed by atoms with Gasteiger partial charge in [0, 0.05) is 11.0 Å². The first kappa shape index (κ1) is 10.7. The van der Waals surface area contributed by atoms with Gasteiger partial charge in [0.1, 0.15) is 0 Å². The maximum atomic E-state index is 11.3. The van der Waals surface area contributed by atoms with Crippen molar-refractivity contribution in [3.05, 3.63) is 27.4 Å². The van der Waals surface area contributed by atoms with Crippen LogP contribution >= 0.6 is 22.9 Å². The number of carbonyl (C=O) groups excluding carboxylic acids is 1. The maximum Gasteiger partial charge on any atom is 0.244 e. The van der Waals surface area contributed by atoms with E-state index in [1.807, 2.05) is 12.1 Å². The molecule has 80 valence electrons. The van der Waals surface area contributed by atoms with E-state index in [0.717, 1.165) is 9.21 Å². The summed E-state index contributed by atoms with van der Waals surface area (Å²) in [6.07, 6.45) is 3.27. The number of hydrogen-bond donors (Lipinski definition) is 1. The summed E-state index contributed by atoms with van der Waals surface area (Å²) in [6.45, 7) is 1.23. The lowest BCUT2D eigenvalue weighted by molar-refractivity contribution is -0.120. The Labute approximate surface area is 96.7 Å². The standard InChI is InChI=1S/C10H10ClNO2S/c11-9-3-1-8(15-9)2-4-10(13)12-7-5-14-6-7/h1-4,7H,5-6H2,(H,12,13). The van der Waals surface area contributed by atoms with Crippen LogP contribution in [0.3, 0.4) is 0 Å². The summed E-state index contributed by atoms with van der Waals surface area (Å²) in [4.78, 5) is 12.3. The zero-order valence-electron chi connectivity index (χ0n) is 7.90. The highest BCUT2D eigenvalue weighted by molar-refractivity contribution is 7.17. The van der Waals surface area contributed by atoms with E-state index >= 15 is 0 Å². The normalized spacial score (nSPS) is 16.6. The minimum absolute atomic E-state index is 0.0900. The van der Waals surface area contributed by atoms with Crippen molar-refractivity contribution in [1.82, 2.24) is 5.32 Å². The van der Waals surface area contributed by atoms with E-state index in [2.05, 4.69) is 5.32 Å². The van der Waals surface area contributed by atoms with Gasteiger partial charge in [0.25, 0.3) is 0 Å². The highest BCUT2D eigenvalue weighted by Gasteiger charge is 2.18. The van der Waals surface area contributed by atoms with Gasteiger partial charge < -0.3 is 10.1 Å². The Morgan fingerprint density at radius 2 is 2.40 bits per heavy atom. The van der Waals surface area contributed by atoms with Crippen LogP contribution in [0.15, 0.2) is 18.2 Å². The lowest BCUT2D eigenvalue weighted by Crippen LogP contribution is -2.48. The molecule has 0 unspecified atom stereocenters. The molecule has 1 aliphatic rings. The monoisotopic (exact) mass is 243 g/mol. The minimum Gasteiger partial charge on any atom is -0.377 e. The first-order valence-electron chi connectivity index (χ1n) is 4.56. The van der Waals surface area contributed by atoms with E-state index in [4.69, 9.17) is 16.3 Å². The molecule has 0 aliphatic carbocycles. The Morgan fingerprint density at radius 3 is 2.93 bits per heavy atom. The third kappa shape index (κ3) is 3.06. The summed E-state index contributed by atoms with van der Waals surface area (Å²) < 4.78 is 5.67. The van der Waals surface area contributed by atoms with Crippen molar-refractivity contribution in [3.63, 3.8) is 0 Å². The van der Waals surface area contributed by atoms with Crippen molar-refractivity contribution in [1.29, 1.82) is 0 Å². The van der Waals surface area contributed by atoms with Crippen molar-refractivity contribution in [2.45, 2.75) is 6.04 Å². The highest BCUT2D eigenvalue weighted by atomic mass is 35.5. The molecule has 0 spiro atoms. The molecule has 15 heavy (non-hydrogen) atoms. The van der Waals surface area contributed by atoms with Gasteiger partial charge in [-0.15, -0.1) is 11.3 Å². The van der Waals surface area contributed by atoms with Crippen LogP contribution in [0.5, 0.6) is 0 Å². The molecule has 0 aromatic carbocycles. The Kier molecular flexibility index (Phi) is 3.41. The van der Waals surface area contributed by atoms with Gasteiger partial charge in [0.2, 0.25) is 5.91 Å². The third-order valence-electron chi connectivity index (χ3n) is 1.98. The Balaban J connectivity index is 1.84. The highest BCUT2D eigenvalue weighted by Crippen LogP contribution is 2.22. The molecule has 3 nitrogen and oxygen atoms in total. The maximum absolute atomic E-state index is 11.3. The Morgan fingerprint density at radius 1 is 1.60 bits per heavy atom. The number of ether oxygens (including phenoxy) is 1. The number of amides is 1. The second kappa shape index (κ2) is 4.79. The van der Waals surface area contributed by atoms with Gasteiger partial charge in [-0.25, -0.2) is 0 Å². The number of halogens is 1. The molecule has 0 radical (unpaired) electrons.